The van der Waals surface area contributed by atoms with Gasteiger partial charge in [0.25, 0.3) is 0 Å². The molecule has 0 N–H and O–H groups in total. The first kappa shape index (κ1) is 10.4. The number of hydrogen-bond donors (Lipinski definition) is 0. The summed E-state index contributed by atoms with van der Waals surface area (Å²) in [7, 11) is -0.657. The predicted molar refractivity (Wildman–Crippen MR) is 25.2 cm³/mol. The molecule has 0 aliphatic rings. The summed E-state index contributed by atoms with van der Waals surface area (Å²) in [5, 5.41) is 0. The topological polar surface area (TPSA) is 26.3 Å². The first-order valence-corrected chi connectivity index (χ1v) is 2.33. The zero-order chi connectivity index (χ0) is 4.83. The fraction of sp³-hybridized carbons (Fsp3) is 0.333. The van der Waals surface area contributed by atoms with E-state index in [-0.39, 0.29) is 19.5 Å². The molecule has 4 heteroatoms. The summed E-state index contributed by atoms with van der Waals surface area (Å²) in [5.41, 5.74) is 0. The number of hydrogen-bond acceptors (Lipinski definition) is 2. The van der Waals surface area contributed by atoms with E-state index >= 15 is 0 Å². The second kappa shape index (κ2) is 9.66. The minimum absolute atomic E-state index is 0. The third-order valence-electron chi connectivity index (χ3n) is 0.260. The van der Waals surface area contributed by atoms with Crippen LogP contribution in [0.2, 0.25) is 0 Å². The van der Waals surface area contributed by atoms with Crippen LogP contribution in [-0.2, 0) is 28.6 Å². The maximum absolute atomic E-state index is 9.45. The van der Waals surface area contributed by atoms with Crippen LogP contribution >= 0.6 is 8.69 Å². The average molecular weight is 170 g/mol. The third kappa shape index (κ3) is 10.7. The van der Waals surface area contributed by atoms with Gasteiger partial charge in [-0.1, -0.05) is 6.08 Å². The summed E-state index contributed by atoms with van der Waals surface area (Å²) in [6.07, 6.45) is 1.55. The van der Waals surface area contributed by atoms with E-state index < -0.39 is 8.69 Å². The maximum atomic E-state index is 9.45. The largest absolute Gasteiger partial charge is 0.494 e. The van der Waals surface area contributed by atoms with Crippen LogP contribution in [0.4, 0.5) is 0 Å². The van der Waals surface area contributed by atoms with E-state index in [1.807, 2.05) is 0 Å². The van der Waals surface area contributed by atoms with Gasteiger partial charge in [0.15, 0.2) is 0 Å². The Morgan fingerprint density at radius 3 is 2.57 bits per heavy atom. The summed E-state index contributed by atoms with van der Waals surface area (Å²) in [6.45, 7) is 3.72. The van der Waals surface area contributed by atoms with Crippen molar-refractivity contribution in [2.45, 2.75) is 0 Å². The summed E-state index contributed by atoms with van der Waals surface area (Å²) in [4.78, 5) is 0. The smallest absolute Gasteiger partial charge is 0.144 e. The molecule has 0 rings (SSSR count). The zero-order valence-electron chi connectivity index (χ0n) is 4.02. The Bertz CT molecular complexity index is 48.9. The van der Waals surface area contributed by atoms with E-state index in [1.165, 1.54) is 0 Å². The normalized spacial score (nSPS) is 7.43. The second-order valence-corrected chi connectivity index (χ2v) is 1.14. The SMILES string of the molecule is C=CCO[PH+]=O.[Zn]. The minimum atomic E-state index is -0.657. The molecular weight excluding hydrogens is 164 g/mol. The molecule has 0 aromatic carbocycles. The molecule has 1 unspecified atom stereocenters. The van der Waals surface area contributed by atoms with Crippen LogP contribution in [0.1, 0.15) is 0 Å². The van der Waals surface area contributed by atoms with Gasteiger partial charge in [0, 0.05) is 19.5 Å². The molecule has 0 spiro atoms. The van der Waals surface area contributed by atoms with Crippen LogP contribution in [-0.4, -0.2) is 6.61 Å². The fourth-order valence-electron chi connectivity index (χ4n) is 0.0929. The quantitative estimate of drug-likeness (QED) is 0.275. The summed E-state index contributed by atoms with van der Waals surface area (Å²) in [6, 6.07) is 0. The van der Waals surface area contributed by atoms with Crippen molar-refractivity contribution in [1.82, 2.24) is 0 Å². The van der Waals surface area contributed by atoms with Gasteiger partial charge in [-0.2, -0.15) is 0 Å². The number of rotatable bonds is 3. The molecule has 2 nitrogen and oxygen atoms in total. The van der Waals surface area contributed by atoms with Crippen molar-refractivity contribution in [3.8, 4) is 0 Å². The predicted octanol–water partition coefficient (Wildman–Crippen LogP) is 1.13. The molecule has 0 aromatic heterocycles. The fourth-order valence-corrected chi connectivity index (χ4v) is 0.279. The Labute approximate surface area is 57.0 Å². The van der Waals surface area contributed by atoms with E-state index in [2.05, 4.69) is 11.1 Å². The molecule has 0 radical (unpaired) electrons. The van der Waals surface area contributed by atoms with Gasteiger partial charge < -0.3 is 0 Å². The molecule has 0 heterocycles. The molecule has 0 bridgehead atoms. The van der Waals surface area contributed by atoms with E-state index in [0.717, 1.165) is 0 Å². The van der Waals surface area contributed by atoms with Gasteiger partial charge in [0.2, 0.25) is 0 Å². The molecule has 0 aliphatic heterocycles. The maximum Gasteiger partial charge on any atom is 0.494 e. The van der Waals surface area contributed by atoms with Crippen molar-refractivity contribution < 1.29 is 28.6 Å². The Hall–Kier alpha value is 0.423. The van der Waals surface area contributed by atoms with Gasteiger partial charge in [-0.3, -0.25) is 0 Å². The molecule has 7 heavy (non-hydrogen) atoms. The van der Waals surface area contributed by atoms with Gasteiger partial charge >= 0.3 is 8.69 Å². The van der Waals surface area contributed by atoms with Gasteiger partial charge in [-0.05, 0) is 4.57 Å². The van der Waals surface area contributed by atoms with E-state index in [9.17, 15) is 4.57 Å². The van der Waals surface area contributed by atoms with Crippen LogP contribution in [0, 0.1) is 0 Å². The molecule has 0 aromatic rings. The summed E-state index contributed by atoms with van der Waals surface area (Å²) >= 11 is 0. The first-order valence-electron chi connectivity index (χ1n) is 1.51. The molecule has 36 valence electrons. The van der Waals surface area contributed by atoms with Gasteiger partial charge in [-0.15, -0.1) is 11.1 Å². The third-order valence-corrected chi connectivity index (χ3v) is 0.545. The molecule has 0 fully saturated rings. The van der Waals surface area contributed by atoms with Crippen molar-refractivity contribution >= 4 is 8.69 Å². The Morgan fingerprint density at radius 1 is 1.86 bits per heavy atom. The molecule has 0 saturated heterocycles. The van der Waals surface area contributed by atoms with Crippen LogP contribution in [0.3, 0.4) is 0 Å². The van der Waals surface area contributed by atoms with E-state index in [1.54, 1.807) is 6.08 Å². The van der Waals surface area contributed by atoms with Gasteiger partial charge in [-0.25, -0.2) is 0 Å². The van der Waals surface area contributed by atoms with Crippen molar-refractivity contribution in [2.24, 2.45) is 0 Å². The van der Waals surface area contributed by atoms with E-state index in [0.29, 0.717) is 6.61 Å². The Kier molecular flexibility index (Phi) is 14.4. The molecular formula is C3H6O2PZn+. The summed E-state index contributed by atoms with van der Waals surface area (Å²) in [5.74, 6) is 0. The van der Waals surface area contributed by atoms with Gasteiger partial charge in [0.05, 0.1) is 0 Å². The van der Waals surface area contributed by atoms with Crippen LogP contribution in [0.25, 0.3) is 0 Å². The van der Waals surface area contributed by atoms with Gasteiger partial charge in [0.1, 0.15) is 6.61 Å². The first-order chi connectivity index (χ1) is 2.91. The minimum Gasteiger partial charge on any atom is -0.144 e. The zero-order valence-corrected chi connectivity index (χ0v) is 7.98. The Balaban J connectivity index is 0. The van der Waals surface area contributed by atoms with E-state index in [4.69, 9.17) is 0 Å². The van der Waals surface area contributed by atoms with Crippen molar-refractivity contribution in [3.05, 3.63) is 12.7 Å². The second-order valence-electron chi connectivity index (χ2n) is 0.683. The monoisotopic (exact) mass is 169 g/mol. The molecule has 0 saturated carbocycles. The van der Waals surface area contributed by atoms with Crippen molar-refractivity contribution in [1.29, 1.82) is 0 Å². The average Bonchev–Trinajstić information content (AvgIpc) is 1.61. The van der Waals surface area contributed by atoms with Crippen LogP contribution in [0.15, 0.2) is 12.7 Å². The van der Waals surface area contributed by atoms with Crippen molar-refractivity contribution in [2.75, 3.05) is 6.61 Å². The standard InChI is InChI=1S/C3H6O2P.Zn/c1-2-3-5-6-4;/h2,6H,1,3H2;/q+1;. The molecule has 0 amide bonds. The van der Waals surface area contributed by atoms with Crippen LogP contribution < -0.4 is 0 Å². The van der Waals surface area contributed by atoms with Crippen LogP contribution in [0.5, 0.6) is 0 Å². The van der Waals surface area contributed by atoms with Crippen molar-refractivity contribution in [3.63, 3.8) is 0 Å². The summed E-state index contributed by atoms with van der Waals surface area (Å²) < 4.78 is 13.8. The molecule has 1 atom stereocenters. The Morgan fingerprint density at radius 2 is 2.43 bits per heavy atom. The molecule has 0 aliphatic carbocycles.